The molecule has 19 heavy (non-hydrogen) atoms. The number of carbonyl (C=O) groups excluding carboxylic acids is 3. The van der Waals surface area contributed by atoms with E-state index in [0.29, 0.717) is 12.8 Å². The van der Waals surface area contributed by atoms with E-state index in [1.807, 2.05) is 12.2 Å². The molecule has 0 unspecified atom stereocenters. The number of nitrogens with zero attached hydrogens (tertiary/aromatic N) is 1. The van der Waals surface area contributed by atoms with E-state index in [4.69, 9.17) is 4.42 Å². The van der Waals surface area contributed by atoms with Gasteiger partial charge in [0, 0.05) is 0 Å². The number of furan rings is 1. The monoisotopic (exact) mass is 260 g/mol. The number of allylic oxidation sites excluding steroid dienone is 2. The molecule has 0 radical (unpaired) electrons. The first-order valence-corrected chi connectivity index (χ1v) is 6.06. The molecule has 3 rings (SSSR count). The molecule has 1 aliphatic heterocycles. The van der Waals surface area contributed by atoms with Gasteiger partial charge in [-0.1, -0.05) is 12.2 Å². The summed E-state index contributed by atoms with van der Waals surface area (Å²) in [5, 5.41) is 0.827. The third-order valence-corrected chi connectivity index (χ3v) is 3.47. The highest BCUT2D eigenvalue weighted by Crippen LogP contribution is 2.34. The molecule has 3 amide bonds. The maximum atomic E-state index is 12.1. The molecule has 6 nitrogen and oxygen atoms in total. The molecule has 0 saturated carbocycles. The summed E-state index contributed by atoms with van der Waals surface area (Å²) in [6, 6.07) is 3.03. The first kappa shape index (κ1) is 11.7. The molecule has 2 heterocycles. The molecule has 1 aliphatic carbocycles. The molecule has 2 atom stereocenters. The Morgan fingerprint density at radius 3 is 2.37 bits per heavy atom. The van der Waals surface area contributed by atoms with Gasteiger partial charge in [0.25, 0.3) is 11.8 Å². The summed E-state index contributed by atoms with van der Waals surface area (Å²) in [6.07, 6.45) is 6.23. The van der Waals surface area contributed by atoms with Crippen LogP contribution >= 0.6 is 0 Å². The van der Waals surface area contributed by atoms with Gasteiger partial charge in [0.05, 0.1) is 18.1 Å². The first-order valence-electron chi connectivity index (χ1n) is 6.06. The van der Waals surface area contributed by atoms with Crippen molar-refractivity contribution in [3.63, 3.8) is 0 Å². The zero-order chi connectivity index (χ0) is 13.4. The van der Waals surface area contributed by atoms with Gasteiger partial charge in [0.15, 0.2) is 5.76 Å². The van der Waals surface area contributed by atoms with Crippen LogP contribution in [-0.2, 0) is 9.59 Å². The number of carbonyl (C=O) groups is 3. The fourth-order valence-corrected chi connectivity index (χ4v) is 2.47. The van der Waals surface area contributed by atoms with E-state index in [1.165, 1.54) is 12.3 Å². The predicted molar refractivity (Wildman–Crippen MR) is 63.4 cm³/mol. The number of fused-ring (bicyclic) bond motifs is 1. The lowest BCUT2D eigenvalue weighted by Crippen LogP contribution is -2.46. The van der Waals surface area contributed by atoms with Gasteiger partial charge < -0.3 is 4.42 Å². The average Bonchev–Trinajstić information content (AvgIpc) is 3.03. The highest BCUT2D eigenvalue weighted by atomic mass is 16.3. The van der Waals surface area contributed by atoms with Gasteiger partial charge in [-0.3, -0.25) is 19.8 Å². The number of nitrogens with one attached hydrogen (secondary N) is 1. The van der Waals surface area contributed by atoms with Gasteiger partial charge in [-0.15, -0.1) is 0 Å². The molecular formula is C13H12N2O4. The summed E-state index contributed by atoms with van der Waals surface area (Å²) in [6.45, 7) is 0. The van der Waals surface area contributed by atoms with Crippen molar-refractivity contribution in [3.8, 4) is 0 Å². The molecule has 1 saturated heterocycles. The molecule has 98 valence electrons. The van der Waals surface area contributed by atoms with Gasteiger partial charge in [0.2, 0.25) is 0 Å². The van der Waals surface area contributed by atoms with Crippen LogP contribution in [0, 0.1) is 11.8 Å². The van der Waals surface area contributed by atoms with Gasteiger partial charge in [0.1, 0.15) is 0 Å². The van der Waals surface area contributed by atoms with Gasteiger partial charge in [-0.25, -0.2) is 0 Å². The second-order valence-electron chi connectivity index (χ2n) is 4.59. The largest absolute Gasteiger partial charge is 0.459 e. The molecule has 0 spiro atoms. The number of amides is 3. The highest BCUT2D eigenvalue weighted by molar-refractivity contribution is 6.07. The van der Waals surface area contributed by atoms with Crippen LogP contribution in [0.4, 0.5) is 0 Å². The standard InChI is InChI=1S/C13H12N2O4/c16-11(10-6-3-7-19-10)14-15-12(17)8-4-1-2-5-9(8)13(15)18/h1-3,6-9H,4-5H2,(H,14,16)/t8-,9-/m0/s1. The van der Waals surface area contributed by atoms with Crippen molar-refractivity contribution in [1.82, 2.24) is 10.4 Å². The van der Waals surface area contributed by atoms with E-state index < -0.39 is 5.91 Å². The van der Waals surface area contributed by atoms with E-state index in [2.05, 4.69) is 5.43 Å². The maximum absolute atomic E-state index is 12.1. The number of imide groups is 1. The van der Waals surface area contributed by atoms with Crippen molar-refractivity contribution in [2.75, 3.05) is 0 Å². The third-order valence-electron chi connectivity index (χ3n) is 3.47. The Balaban J connectivity index is 1.77. The minimum absolute atomic E-state index is 0.0635. The van der Waals surface area contributed by atoms with E-state index >= 15 is 0 Å². The summed E-state index contributed by atoms with van der Waals surface area (Å²) in [5.41, 5.74) is 2.31. The van der Waals surface area contributed by atoms with E-state index in [0.717, 1.165) is 5.01 Å². The summed E-state index contributed by atoms with van der Waals surface area (Å²) in [7, 11) is 0. The first-order chi connectivity index (χ1) is 9.18. The Kier molecular flexibility index (Phi) is 2.70. The van der Waals surface area contributed by atoms with Crippen LogP contribution in [0.3, 0.4) is 0 Å². The molecule has 1 N–H and O–H groups in total. The van der Waals surface area contributed by atoms with Gasteiger partial charge in [-0.2, -0.15) is 5.01 Å². The Bertz CT molecular complexity index is 535. The number of hydrogen-bond acceptors (Lipinski definition) is 4. The second-order valence-corrected chi connectivity index (χ2v) is 4.59. The van der Waals surface area contributed by atoms with E-state index in [9.17, 15) is 14.4 Å². The molecule has 1 fully saturated rings. The minimum Gasteiger partial charge on any atom is -0.459 e. The average molecular weight is 260 g/mol. The van der Waals surface area contributed by atoms with Crippen LogP contribution in [0.5, 0.6) is 0 Å². The van der Waals surface area contributed by atoms with Crippen molar-refractivity contribution in [3.05, 3.63) is 36.3 Å². The van der Waals surface area contributed by atoms with E-state index in [-0.39, 0.29) is 29.4 Å². The van der Waals surface area contributed by atoms with E-state index in [1.54, 1.807) is 6.07 Å². The minimum atomic E-state index is -0.599. The quantitative estimate of drug-likeness (QED) is 0.632. The Morgan fingerprint density at radius 1 is 1.21 bits per heavy atom. The smallest absolute Gasteiger partial charge is 0.305 e. The lowest BCUT2D eigenvalue weighted by Gasteiger charge is -2.14. The molecule has 1 aromatic heterocycles. The summed E-state index contributed by atoms with van der Waals surface area (Å²) in [4.78, 5) is 36.0. The van der Waals surface area contributed by atoms with Crippen molar-refractivity contribution in [2.24, 2.45) is 11.8 Å². The van der Waals surface area contributed by atoms with Gasteiger partial charge in [-0.05, 0) is 25.0 Å². The Morgan fingerprint density at radius 2 is 1.84 bits per heavy atom. The number of hydrazine groups is 1. The summed E-state index contributed by atoms with van der Waals surface area (Å²) >= 11 is 0. The van der Waals surface area contributed by atoms with Crippen LogP contribution in [0.1, 0.15) is 23.4 Å². The molecule has 2 aliphatic rings. The zero-order valence-corrected chi connectivity index (χ0v) is 10.0. The molecular weight excluding hydrogens is 248 g/mol. The highest BCUT2D eigenvalue weighted by Gasteiger charge is 2.48. The van der Waals surface area contributed by atoms with Crippen LogP contribution in [-0.4, -0.2) is 22.7 Å². The third kappa shape index (κ3) is 1.85. The van der Waals surface area contributed by atoms with Crippen molar-refractivity contribution >= 4 is 17.7 Å². The molecule has 0 aromatic carbocycles. The lowest BCUT2D eigenvalue weighted by atomic mass is 9.85. The fourth-order valence-electron chi connectivity index (χ4n) is 2.47. The predicted octanol–water partition coefficient (Wildman–Crippen LogP) is 0.876. The summed E-state index contributed by atoms with van der Waals surface area (Å²) in [5.74, 6) is -1.94. The van der Waals surface area contributed by atoms with Crippen LogP contribution < -0.4 is 5.43 Å². The zero-order valence-electron chi connectivity index (χ0n) is 10.0. The summed E-state index contributed by atoms with van der Waals surface area (Å²) < 4.78 is 4.92. The van der Waals surface area contributed by atoms with Crippen molar-refractivity contribution < 1.29 is 18.8 Å². The normalized spacial score (nSPS) is 25.6. The maximum Gasteiger partial charge on any atom is 0.305 e. The Hall–Kier alpha value is -2.37. The molecule has 0 bridgehead atoms. The van der Waals surface area contributed by atoms with Crippen LogP contribution in [0.15, 0.2) is 35.0 Å². The molecule has 6 heteroatoms. The molecule has 1 aromatic rings. The number of rotatable bonds is 2. The Labute approximate surface area is 109 Å². The van der Waals surface area contributed by atoms with Crippen molar-refractivity contribution in [1.29, 1.82) is 0 Å². The number of hydrogen-bond donors (Lipinski definition) is 1. The lowest BCUT2D eigenvalue weighted by molar-refractivity contribution is -0.142. The topological polar surface area (TPSA) is 79.6 Å². The van der Waals surface area contributed by atoms with Crippen molar-refractivity contribution in [2.45, 2.75) is 12.8 Å². The SMILES string of the molecule is O=C(NN1C(=O)[C@H]2CC=CC[C@@H]2C1=O)c1ccco1. The fraction of sp³-hybridized carbons (Fsp3) is 0.308. The van der Waals surface area contributed by atoms with Crippen LogP contribution in [0.25, 0.3) is 0 Å². The van der Waals surface area contributed by atoms with Crippen LogP contribution in [0.2, 0.25) is 0 Å². The van der Waals surface area contributed by atoms with Gasteiger partial charge >= 0.3 is 5.91 Å². The second kappa shape index (κ2) is 4.38.